The molecule has 0 spiro atoms. The Morgan fingerprint density at radius 1 is 0.963 bits per heavy atom. The molecule has 1 aromatic heterocycles. The van der Waals surface area contributed by atoms with Crippen molar-refractivity contribution in [2.24, 2.45) is 0 Å². The third-order valence-electron chi connectivity index (χ3n) is 4.78. The number of amides is 2. The van der Waals surface area contributed by atoms with Gasteiger partial charge in [-0.2, -0.15) is 0 Å². The quantitative estimate of drug-likeness (QED) is 0.540. The first-order valence-corrected chi connectivity index (χ1v) is 9.54. The molecule has 27 heavy (non-hydrogen) atoms. The summed E-state index contributed by atoms with van der Waals surface area (Å²) in [7, 11) is 0. The first-order chi connectivity index (χ1) is 13.2. The minimum Gasteiger partial charge on any atom is -0.368 e. The number of carbonyl (C=O) groups is 2. The van der Waals surface area contributed by atoms with E-state index in [0.29, 0.717) is 23.5 Å². The first kappa shape index (κ1) is 17.5. The van der Waals surface area contributed by atoms with Gasteiger partial charge in [0.15, 0.2) is 0 Å². The maximum atomic E-state index is 12.9. The van der Waals surface area contributed by atoms with E-state index < -0.39 is 5.91 Å². The van der Waals surface area contributed by atoms with Gasteiger partial charge in [0.1, 0.15) is 0 Å². The second kappa shape index (κ2) is 7.38. The number of hydrogen-bond acceptors (Lipinski definition) is 5. The van der Waals surface area contributed by atoms with E-state index in [1.165, 1.54) is 17.0 Å². The molecule has 1 aliphatic heterocycles. The van der Waals surface area contributed by atoms with E-state index in [1.807, 2.05) is 35.2 Å². The summed E-state index contributed by atoms with van der Waals surface area (Å²) in [6.07, 6.45) is 0. The van der Waals surface area contributed by atoms with Gasteiger partial charge >= 0.3 is 0 Å². The van der Waals surface area contributed by atoms with Crippen LogP contribution >= 0.6 is 11.3 Å². The van der Waals surface area contributed by atoms with Gasteiger partial charge < -0.3 is 9.80 Å². The topological polar surface area (TPSA) is 72.9 Å². The van der Waals surface area contributed by atoms with E-state index in [2.05, 4.69) is 17.0 Å². The largest absolute Gasteiger partial charge is 0.368 e. The number of para-hydroxylation sites is 1. The normalized spacial score (nSPS) is 14.4. The van der Waals surface area contributed by atoms with Crippen molar-refractivity contribution in [3.8, 4) is 0 Å². The van der Waals surface area contributed by atoms with Crippen LogP contribution in [0.25, 0.3) is 10.1 Å². The van der Waals surface area contributed by atoms with Crippen molar-refractivity contribution in [3.63, 3.8) is 0 Å². The van der Waals surface area contributed by atoms with Crippen LogP contribution in [0.4, 0.5) is 5.69 Å². The predicted octanol–water partition coefficient (Wildman–Crippen LogP) is 2.98. The van der Waals surface area contributed by atoms with Crippen molar-refractivity contribution < 1.29 is 14.8 Å². The van der Waals surface area contributed by atoms with E-state index in [-0.39, 0.29) is 5.91 Å². The van der Waals surface area contributed by atoms with Crippen molar-refractivity contribution in [2.45, 2.75) is 0 Å². The molecule has 0 bridgehead atoms. The van der Waals surface area contributed by atoms with Crippen LogP contribution in [0.15, 0.2) is 54.6 Å². The number of fused-ring (bicyclic) bond motifs is 1. The van der Waals surface area contributed by atoms with Crippen LogP contribution in [0.3, 0.4) is 0 Å². The lowest BCUT2D eigenvalue weighted by Crippen LogP contribution is -2.48. The van der Waals surface area contributed by atoms with E-state index in [0.717, 1.165) is 23.2 Å². The third kappa shape index (κ3) is 3.51. The average molecular weight is 381 g/mol. The number of hydrogen-bond donors (Lipinski definition) is 2. The molecule has 2 heterocycles. The van der Waals surface area contributed by atoms with Crippen LogP contribution in [-0.4, -0.2) is 48.1 Å². The van der Waals surface area contributed by atoms with Gasteiger partial charge in [-0.15, -0.1) is 11.3 Å². The summed E-state index contributed by atoms with van der Waals surface area (Å²) in [4.78, 5) is 29.0. The highest BCUT2D eigenvalue weighted by Gasteiger charge is 2.22. The molecule has 0 aliphatic carbocycles. The van der Waals surface area contributed by atoms with Gasteiger partial charge in [-0.25, -0.2) is 5.48 Å². The highest BCUT2D eigenvalue weighted by Crippen LogP contribution is 2.27. The molecule has 1 aliphatic rings. The minimum atomic E-state index is -0.541. The van der Waals surface area contributed by atoms with Gasteiger partial charge in [0.05, 0.1) is 4.88 Å². The second-order valence-corrected chi connectivity index (χ2v) is 7.50. The molecule has 0 atom stereocenters. The van der Waals surface area contributed by atoms with Crippen LogP contribution in [0.1, 0.15) is 20.0 Å². The lowest BCUT2D eigenvalue weighted by atomic mass is 10.1. The number of nitrogens with zero attached hydrogens (tertiary/aromatic N) is 2. The Hall–Kier alpha value is -2.90. The number of nitrogens with one attached hydrogen (secondary N) is 1. The van der Waals surface area contributed by atoms with Gasteiger partial charge in [0.25, 0.3) is 11.8 Å². The molecule has 1 fully saturated rings. The number of benzene rings is 2. The van der Waals surface area contributed by atoms with E-state index >= 15 is 0 Å². The molecule has 0 radical (unpaired) electrons. The summed E-state index contributed by atoms with van der Waals surface area (Å²) in [5, 5.41) is 9.65. The molecule has 6 nitrogen and oxygen atoms in total. The Morgan fingerprint density at radius 3 is 2.41 bits per heavy atom. The summed E-state index contributed by atoms with van der Waals surface area (Å²) in [6.45, 7) is 2.96. The Labute approximate surface area is 160 Å². The van der Waals surface area contributed by atoms with E-state index in [9.17, 15) is 9.59 Å². The summed E-state index contributed by atoms with van der Waals surface area (Å²) in [5.41, 5.74) is 3.44. The zero-order valence-electron chi connectivity index (χ0n) is 14.6. The SMILES string of the molecule is O=C(NO)c1cc2ccc(C(=O)N3CCN(c4ccccc4)CC3)cc2s1. The van der Waals surface area contributed by atoms with E-state index in [1.54, 1.807) is 17.6 Å². The van der Waals surface area contributed by atoms with Gasteiger partial charge in [-0.1, -0.05) is 24.3 Å². The molecule has 1 saturated heterocycles. The number of rotatable bonds is 3. The lowest BCUT2D eigenvalue weighted by molar-refractivity contribution is 0.0710. The van der Waals surface area contributed by atoms with Crippen molar-refractivity contribution >= 4 is 38.9 Å². The Balaban J connectivity index is 1.47. The standard InChI is InChI=1S/C20H19N3O3S/c24-19(21-26)18-12-14-6-7-15(13-17(14)27-18)20(25)23-10-8-22(9-11-23)16-4-2-1-3-5-16/h1-7,12-13,26H,8-11H2,(H,21,24). The summed E-state index contributed by atoms with van der Waals surface area (Å²) in [5.74, 6) is -0.535. The molecule has 2 N–H and O–H groups in total. The van der Waals surface area contributed by atoms with Crippen molar-refractivity contribution in [2.75, 3.05) is 31.1 Å². The van der Waals surface area contributed by atoms with Gasteiger partial charge in [0.2, 0.25) is 0 Å². The Morgan fingerprint density at radius 2 is 1.70 bits per heavy atom. The molecule has 0 saturated carbocycles. The molecular formula is C20H19N3O3S. The van der Waals surface area contributed by atoms with Gasteiger partial charge in [0, 0.05) is 42.1 Å². The third-order valence-corrected chi connectivity index (χ3v) is 5.88. The van der Waals surface area contributed by atoms with Crippen LogP contribution in [-0.2, 0) is 0 Å². The maximum absolute atomic E-state index is 12.9. The molecule has 7 heteroatoms. The summed E-state index contributed by atoms with van der Waals surface area (Å²) >= 11 is 1.25. The van der Waals surface area contributed by atoms with Crippen LogP contribution in [0.5, 0.6) is 0 Å². The van der Waals surface area contributed by atoms with Gasteiger partial charge in [-0.3, -0.25) is 14.8 Å². The number of piperazine rings is 1. The number of hydroxylamine groups is 1. The Kier molecular flexibility index (Phi) is 4.79. The zero-order valence-corrected chi connectivity index (χ0v) is 15.4. The smallest absolute Gasteiger partial charge is 0.284 e. The highest BCUT2D eigenvalue weighted by atomic mass is 32.1. The van der Waals surface area contributed by atoms with E-state index in [4.69, 9.17) is 5.21 Å². The predicted molar refractivity (Wildman–Crippen MR) is 106 cm³/mol. The molecule has 2 amide bonds. The Bertz CT molecular complexity index is 979. The molecule has 0 unspecified atom stereocenters. The monoisotopic (exact) mass is 381 g/mol. The van der Waals surface area contributed by atoms with Crippen LogP contribution in [0.2, 0.25) is 0 Å². The van der Waals surface area contributed by atoms with Crippen molar-refractivity contribution in [3.05, 3.63) is 65.0 Å². The van der Waals surface area contributed by atoms with Crippen LogP contribution in [0, 0.1) is 0 Å². The lowest BCUT2D eigenvalue weighted by Gasteiger charge is -2.36. The van der Waals surface area contributed by atoms with Crippen molar-refractivity contribution in [1.82, 2.24) is 10.4 Å². The summed E-state index contributed by atoms with van der Waals surface area (Å²) < 4.78 is 0.849. The minimum absolute atomic E-state index is 0.00571. The molecule has 2 aromatic carbocycles. The fourth-order valence-corrected chi connectivity index (χ4v) is 4.31. The summed E-state index contributed by atoms with van der Waals surface area (Å²) in [6, 6.07) is 17.4. The molecule has 138 valence electrons. The van der Waals surface area contributed by atoms with Crippen molar-refractivity contribution in [1.29, 1.82) is 0 Å². The number of carbonyl (C=O) groups excluding carboxylic acids is 2. The van der Waals surface area contributed by atoms with Crippen LogP contribution < -0.4 is 10.4 Å². The average Bonchev–Trinajstić information content (AvgIpc) is 3.17. The molecular weight excluding hydrogens is 362 g/mol. The maximum Gasteiger partial charge on any atom is 0.284 e. The fraction of sp³-hybridized carbons (Fsp3) is 0.200. The van der Waals surface area contributed by atoms with Gasteiger partial charge in [-0.05, 0) is 35.7 Å². The zero-order chi connectivity index (χ0) is 18.8. The molecule has 3 aromatic rings. The molecule has 4 rings (SSSR count). The second-order valence-electron chi connectivity index (χ2n) is 6.42. The fourth-order valence-electron chi connectivity index (χ4n) is 3.32. The number of thiophene rings is 1. The highest BCUT2D eigenvalue weighted by molar-refractivity contribution is 7.20. The number of anilines is 1. The first-order valence-electron chi connectivity index (χ1n) is 8.73.